The highest BCUT2D eigenvalue weighted by molar-refractivity contribution is 5.95. The summed E-state index contributed by atoms with van der Waals surface area (Å²) in [7, 11) is 0. The summed E-state index contributed by atoms with van der Waals surface area (Å²) < 4.78 is 0. The number of nitrogens with one attached hydrogen (secondary N) is 2. The summed E-state index contributed by atoms with van der Waals surface area (Å²) in [4.78, 5) is 20.3. The molecule has 1 heterocycles. The SMILES string of the molecule is CC(=O)c1cccc(Nc2nc(C)cc(Nc3ccccc3C#N)n2)c1. The van der Waals surface area contributed by atoms with Crippen LogP contribution in [0, 0.1) is 18.3 Å². The molecule has 0 radical (unpaired) electrons. The number of anilines is 4. The van der Waals surface area contributed by atoms with Crippen molar-refractivity contribution in [2.24, 2.45) is 0 Å². The predicted octanol–water partition coefficient (Wildman–Crippen LogP) is 4.35. The van der Waals surface area contributed by atoms with E-state index in [2.05, 4.69) is 26.7 Å². The summed E-state index contributed by atoms with van der Waals surface area (Å²) in [5.74, 6) is 0.974. The number of nitriles is 1. The number of nitrogens with zero attached hydrogens (tertiary/aromatic N) is 3. The average molecular weight is 343 g/mol. The number of aryl methyl sites for hydroxylation is 1. The van der Waals surface area contributed by atoms with Crippen molar-refractivity contribution in [3.63, 3.8) is 0 Å². The lowest BCUT2D eigenvalue weighted by Crippen LogP contribution is -2.03. The van der Waals surface area contributed by atoms with Gasteiger partial charge in [0.05, 0.1) is 11.3 Å². The van der Waals surface area contributed by atoms with Crippen molar-refractivity contribution in [3.05, 3.63) is 71.4 Å². The molecule has 0 atom stereocenters. The number of rotatable bonds is 5. The number of aromatic nitrogens is 2. The second-order valence-corrected chi connectivity index (χ2v) is 5.76. The average Bonchev–Trinajstić information content (AvgIpc) is 2.62. The Morgan fingerprint density at radius 3 is 2.62 bits per heavy atom. The van der Waals surface area contributed by atoms with Gasteiger partial charge in [-0.1, -0.05) is 24.3 Å². The van der Waals surface area contributed by atoms with Gasteiger partial charge in [0.1, 0.15) is 11.9 Å². The van der Waals surface area contributed by atoms with Crippen LogP contribution in [0.3, 0.4) is 0 Å². The van der Waals surface area contributed by atoms with Crippen LogP contribution in [0.4, 0.5) is 23.1 Å². The highest BCUT2D eigenvalue weighted by atomic mass is 16.1. The zero-order chi connectivity index (χ0) is 18.5. The van der Waals surface area contributed by atoms with Gasteiger partial charge >= 0.3 is 0 Å². The molecule has 6 heteroatoms. The van der Waals surface area contributed by atoms with Crippen LogP contribution in [0.25, 0.3) is 0 Å². The Balaban J connectivity index is 1.87. The van der Waals surface area contributed by atoms with E-state index in [1.165, 1.54) is 6.92 Å². The molecular weight excluding hydrogens is 326 g/mol. The summed E-state index contributed by atoms with van der Waals surface area (Å²) in [6, 6.07) is 18.3. The summed E-state index contributed by atoms with van der Waals surface area (Å²) >= 11 is 0. The van der Waals surface area contributed by atoms with Crippen LogP contribution in [0.5, 0.6) is 0 Å². The first kappa shape index (κ1) is 17.1. The van der Waals surface area contributed by atoms with E-state index in [1.54, 1.807) is 30.3 Å². The first-order valence-corrected chi connectivity index (χ1v) is 8.05. The van der Waals surface area contributed by atoms with Gasteiger partial charge in [-0.15, -0.1) is 0 Å². The third-order valence-corrected chi connectivity index (χ3v) is 3.69. The van der Waals surface area contributed by atoms with Crippen molar-refractivity contribution in [1.82, 2.24) is 9.97 Å². The minimum absolute atomic E-state index is 0.00530. The summed E-state index contributed by atoms with van der Waals surface area (Å²) in [6.45, 7) is 3.39. The van der Waals surface area contributed by atoms with E-state index in [1.807, 2.05) is 31.2 Å². The molecule has 26 heavy (non-hydrogen) atoms. The van der Waals surface area contributed by atoms with Crippen molar-refractivity contribution >= 4 is 28.9 Å². The van der Waals surface area contributed by atoms with Crippen LogP contribution >= 0.6 is 0 Å². The molecule has 1 aromatic heterocycles. The van der Waals surface area contributed by atoms with Crippen molar-refractivity contribution in [2.75, 3.05) is 10.6 Å². The number of carbonyl (C=O) groups is 1. The van der Waals surface area contributed by atoms with E-state index >= 15 is 0 Å². The van der Waals surface area contributed by atoms with E-state index < -0.39 is 0 Å². The molecular formula is C20H17N5O. The maximum absolute atomic E-state index is 11.5. The Bertz CT molecular complexity index is 1010. The number of hydrogen-bond acceptors (Lipinski definition) is 6. The van der Waals surface area contributed by atoms with Gasteiger partial charge in [0.15, 0.2) is 5.78 Å². The van der Waals surface area contributed by atoms with Crippen LogP contribution < -0.4 is 10.6 Å². The zero-order valence-electron chi connectivity index (χ0n) is 14.4. The van der Waals surface area contributed by atoms with Gasteiger partial charge in [-0.25, -0.2) is 4.98 Å². The van der Waals surface area contributed by atoms with Crippen LogP contribution in [-0.2, 0) is 0 Å². The van der Waals surface area contributed by atoms with Crippen molar-refractivity contribution in [3.8, 4) is 6.07 Å². The van der Waals surface area contributed by atoms with Gasteiger partial charge in [0.25, 0.3) is 0 Å². The smallest absolute Gasteiger partial charge is 0.229 e. The van der Waals surface area contributed by atoms with E-state index in [0.717, 1.165) is 11.4 Å². The number of ketones is 1. The third kappa shape index (κ3) is 4.02. The quantitative estimate of drug-likeness (QED) is 0.669. The predicted molar refractivity (Wildman–Crippen MR) is 101 cm³/mol. The molecule has 2 N–H and O–H groups in total. The lowest BCUT2D eigenvalue weighted by atomic mass is 10.1. The second-order valence-electron chi connectivity index (χ2n) is 5.76. The molecule has 2 aromatic carbocycles. The molecule has 0 unspecified atom stereocenters. The molecule has 0 aliphatic carbocycles. The Morgan fingerprint density at radius 1 is 1.04 bits per heavy atom. The standard InChI is InChI=1S/C20H17N5O/c1-13-10-19(24-18-9-4-3-6-16(18)12-21)25-20(22-13)23-17-8-5-7-15(11-17)14(2)26/h3-11H,1-2H3,(H2,22,23,24,25). The second kappa shape index (κ2) is 7.45. The minimum atomic E-state index is -0.00530. The topological polar surface area (TPSA) is 90.7 Å². The minimum Gasteiger partial charge on any atom is -0.339 e. The van der Waals surface area contributed by atoms with E-state index in [-0.39, 0.29) is 5.78 Å². The largest absolute Gasteiger partial charge is 0.339 e. The van der Waals surface area contributed by atoms with Gasteiger partial charge in [0.2, 0.25) is 5.95 Å². The number of benzene rings is 2. The van der Waals surface area contributed by atoms with E-state index in [9.17, 15) is 10.1 Å². The maximum atomic E-state index is 11.5. The molecule has 3 rings (SSSR count). The molecule has 0 fully saturated rings. The molecule has 0 aliphatic heterocycles. The Labute approximate surface area is 151 Å². The fourth-order valence-electron chi connectivity index (χ4n) is 2.46. The lowest BCUT2D eigenvalue weighted by molar-refractivity contribution is 0.101. The molecule has 0 saturated heterocycles. The zero-order valence-corrected chi connectivity index (χ0v) is 14.4. The summed E-state index contributed by atoms with van der Waals surface area (Å²) in [6.07, 6.45) is 0. The maximum Gasteiger partial charge on any atom is 0.229 e. The Kier molecular flexibility index (Phi) is 4.90. The lowest BCUT2D eigenvalue weighted by Gasteiger charge is -2.11. The first-order valence-electron chi connectivity index (χ1n) is 8.05. The van der Waals surface area contributed by atoms with Crippen molar-refractivity contribution in [2.45, 2.75) is 13.8 Å². The van der Waals surface area contributed by atoms with E-state index in [4.69, 9.17) is 0 Å². The normalized spacial score (nSPS) is 10.0. The van der Waals surface area contributed by atoms with Gasteiger partial charge in [-0.05, 0) is 38.1 Å². The van der Waals surface area contributed by atoms with Crippen molar-refractivity contribution < 1.29 is 4.79 Å². The van der Waals surface area contributed by atoms with Gasteiger partial charge in [0, 0.05) is 23.0 Å². The number of para-hydroxylation sites is 1. The fourth-order valence-corrected chi connectivity index (χ4v) is 2.46. The molecule has 0 saturated carbocycles. The Morgan fingerprint density at radius 2 is 1.85 bits per heavy atom. The first-order chi connectivity index (χ1) is 12.5. The summed E-state index contributed by atoms with van der Waals surface area (Å²) in [5, 5.41) is 15.5. The van der Waals surface area contributed by atoms with Gasteiger partial charge < -0.3 is 10.6 Å². The van der Waals surface area contributed by atoms with Gasteiger partial charge in [-0.2, -0.15) is 10.2 Å². The highest BCUT2D eigenvalue weighted by Crippen LogP contribution is 2.22. The number of carbonyl (C=O) groups excluding carboxylic acids is 1. The van der Waals surface area contributed by atoms with Crippen LogP contribution in [0.15, 0.2) is 54.6 Å². The van der Waals surface area contributed by atoms with E-state index in [0.29, 0.717) is 28.6 Å². The van der Waals surface area contributed by atoms with Gasteiger partial charge in [-0.3, -0.25) is 4.79 Å². The highest BCUT2D eigenvalue weighted by Gasteiger charge is 2.07. The molecule has 0 amide bonds. The number of hydrogen-bond donors (Lipinski definition) is 2. The van der Waals surface area contributed by atoms with Crippen LogP contribution in [-0.4, -0.2) is 15.8 Å². The molecule has 3 aromatic rings. The monoisotopic (exact) mass is 343 g/mol. The number of Topliss-reactive ketones (excluding diaryl/α,β-unsaturated/α-hetero) is 1. The van der Waals surface area contributed by atoms with Crippen LogP contribution in [0.2, 0.25) is 0 Å². The molecule has 6 nitrogen and oxygen atoms in total. The van der Waals surface area contributed by atoms with Crippen LogP contribution in [0.1, 0.15) is 28.5 Å². The molecule has 0 spiro atoms. The molecule has 128 valence electrons. The fraction of sp³-hybridized carbons (Fsp3) is 0.100. The summed E-state index contributed by atoms with van der Waals surface area (Å²) in [5.41, 5.74) is 3.32. The molecule has 0 bridgehead atoms. The molecule has 0 aliphatic rings. The van der Waals surface area contributed by atoms with Crippen molar-refractivity contribution in [1.29, 1.82) is 5.26 Å². The Hall–Kier alpha value is -3.72. The third-order valence-electron chi connectivity index (χ3n) is 3.69.